The Bertz CT molecular complexity index is 827. The molecule has 0 saturated heterocycles. The van der Waals surface area contributed by atoms with Crippen LogP contribution in [0.15, 0.2) is 72.8 Å². The summed E-state index contributed by atoms with van der Waals surface area (Å²) in [4.78, 5) is 0. The summed E-state index contributed by atoms with van der Waals surface area (Å²) in [6.45, 7) is 4.92. The molecule has 25 heavy (non-hydrogen) atoms. The summed E-state index contributed by atoms with van der Waals surface area (Å²) < 4.78 is 5.95. The molecule has 1 atom stereocenters. The number of hydrogen-bond acceptors (Lipinski definition) is 2. The highest BCUT2D eigenvalue weighted by atomic mass is 16.5. The lowest BCUT2D eigenvalue weighted by atomic mass is 9.88. The average Bonchev–Trinajstić information content (AvgIpc) is 2.63. The second kappa shape index (κ2) is 8.00. The Morgan fingerprint density at radius 3 is 2.36 bits per heavy atom. The van der Waals surface area contributed by atoms with Crippen molar-refractivity contribution in [2.24, 2.45) is 5.73 Å². The van der Waals surface area contributed by atoms with Crippen LogP contribution in [0.5, 0.6) is 11.5 Å². The van der Waals surface area contributed by atoms with Gasteiger partial charge in [-0.25, -0.2) is 0 Å². The summed E-state index contributed by atoms with van der Waals surface area (Å²) in [5, 5.41) is 0. The molecule has 2 heteroatoms. The van der Waals surface area contributed by atoms with E-state index >= 15 is 0 Å². The summed E-state index contributed by atoms with van der Waals surface area (Å²) in [7, 11) is 0. The lowest BCUT2D eigenvalue weighted by Gasteiger charge is -2.19. The van der Waals surface area contributed by atoms with Gasteiger partial charge in [0.15, 0.2) is 0 Å². The largest absolute Gasteiger partial charge is 0.457 e. The molecule has 2 N–H and O–H groups in total. The van der Waals surface area contributed by atoms with Gasteiger partial charge >= 0.3 is 0 Å². The normalized spacial score (nSPS) is 12.0. The van der Waals surface area contributed by atoms with Crippen molar-refractivity contribution in [2.45, 2.75) is 26.2 Å². The first-order chi connectivity index (χ1) is 12.2. The van der Waals surface area contributed by atoms with Crippen molar-refractivity contribution in [3.05, 3.63) is 95.1 Å². The van der Waals surface area contributed by atoms with E-state index < -0.39 is 0 Å². The highest BCUT2D eigenvalue weighted by Gasteiger charge is 2.14. The van der Waals surface area contributed by atoms with Crippen molar-refractivity contribution >= 4 is 0 Å². The number of rotatable bonds is 6. The second-order valence-corrected chi connectivity index (χ2v) is 6.56. The number of benzene rings is 3. The Kier molecular flexibility index (Phi) is 5.52. The van der Waals surface area contributed by atoms with E-state index in [0.717, 1.165) is 17.9 Å². The van der Waals surface area contributed by atoms with Gasteiger partial charge in [-0.05, 0) is 67.8 Å². The van der Waals surface area contributed by atoms with Crippen molar-refractivity contribution < 1.29 is 4.74 Å². The van der Waals surface area contributed by atoms with Gasteiger partial charge in [-0.15, -0.1) is 0 Å². The minimum atomic E-state index is 0.312. The van der Waals surface area contributed by atoms with Gasteiger partial charge in [0.05, 0.1) is 0 Å². The van der Waals surface area contributed by atoms with Crippen molar-refractivity contribution in [2.75, 3.05) is 6.54 Å². The third kappa shape index (κ3) is 4.49. The Morgan fingerprint density at radius 2 is 1.60 bits per heavy atom. The fraction of sp³-hybridized carbons (Fsp3) is 0.217. The van der Waals surface area contributed by atoms with E-state index in [0.29, 0.717) is 12.5 Å². The highest BCUT2D eigenvalue weighted by Crippen LogP contribution is 2.27. The Balaban J connectivity index is 1.79. The zero-order chi connectivity index (χ0) is 17.6. The fourth-order valence-electron chi connectivity index (χ4n) is 3.17. The molecule has 0 saturated carbocycles. The lowest BCUT2D eigenvalue weighted by Crippen LogP contribution is -2.16. The van der Waals surface area contributed by atoms with Crippen LogP contribution in [0, 0.1) is 13.8 Å². The molecule has 0 aromatic heterocycles. The predicted molar refractivity (Wildman–Crippen MR) is 104 cm³/mol. The van der Waals surface area contributed by atoms with Crippen LogP contribution in [0.2, 0.25) is 0 Å². The standard InChI is InChI=1S/C23H25NO/c1-17-11-12-18(2)23(13-17)20(16-24)14-19-7-6-10-22(15-19)25-21-8-4-3-5-9-21/h3-13,15,20H,14,16,24H2,1-2H3. The summed E-state index contributed by atoms with van der Waals surface area (Å²) in [6, 6.07) is 24.8. The second-order valence-electron chi connectivity index (χ2n) is 6.56. The zero-order valence-corrected chi connectivity index (χ0v) is 14.9. The van der Waals surface area contributed by atoms with Crippen molar-refractivity contribution in [1.29, 1.82) is 0 Å². The van der Waals surface area contributed by atoms with Crippen LogP contribution < -0.4 is 10.5 Å². The summed E-state index contributed by atoms with van der Waals surface area (Å²) in [5.41, 5.74) is 11.3. The smallest absolute Gasteiger partial charge is 0.127 e. The van der Waals surface area contributed by atoms with E-state index in [2.05, 4.69) is 44.2 Å². The molecular weight excluding hydrogens is 306 g/mol. The number of nitrogens with two attached hydrogens (primary N) is 1. The fourth-order valence-corrected chi connectivity index (χ4v) is 3.17. The molecule has 0 spiro atoms. The molecule has 0 radical (unpaired) electrons. The topological polar surface area (TPSA) is 35.2 Å². The third-order valence-corrected chi connectivity index (χ3v) is 4.52. The quantitative estimate of drug-likeness (QED) is 0.658. The van der Waals surface area contributed by atoms with Crippen LogP contribution >= 0.6 is 0 Å². The Morgan fingerprint density at radius 1 is 0.840 bits per heavy atom. The van der Waals surface area contributed by atoms with Gasteiger partial charge in [-0.3, -0.25) is 0 Å². The summed E-state index contributed by atoms with van der Waals surface area (Å²) in [5.74, 6) is 2.02. The number of aryl methyl sites for hydroxylation is 2. The van der Waals surface area contributed by atoms with Gasteiger partial charge in [-0.2, -0.15) is 0 Å². The molecular formula is C23H25NO. The molecule has 1 unspecified atom stereocenters. The number of ether oxygens (including phenoxy) is 1. The molecule has 0 aliphatic rings. The maximum Gasteiger partial charge on any atom is 0.127 e. The van der Waals surface area contributed by atoms with Crippen molar-refractivity contribution in [1.82, 2.24) is 0 Å². The maximum atomic E-state index is 6.10. The monoisotopic (exact) mass is 331 g/mol. The molecule has 3 rings (SSSR count). The molecule has 128 valence electrons. The summed E-state index contributed by atoms with van der Waals surface area (Å²) in [6.07, 6.45) is 0.910. The Labute approximate surface area is 150 Å². The Hall–Kier alpha value is -2.58. The SMILES string of the molecule is Cc1ccc(C)c(C(CN)Cc2cccc(Oc3ccccc3)c2)c1. The lowest BCUT2D eigenvalue weighted by molar-refractivity contribution is 0.481. The third-order valence-electron chi connectivity index (χ3n) is 4.52. The minimum Gasteiger partial charge on any atom is -0.457 e. The minimum absolute atomic E-state index is 0.312. The molecule has 2 nitrogen and oxygen atoms in total. The van der Waals surface area contributed by atoms with E-state index in [9.17, 15) is 0 Å². The van der Waals surface area contributed by atoms with Crippen molar-refractivity contribution in [3.8, 4) is 11.5 Å². The van der Waals surface area contributed by atoms with Crippen LogP contribution in [-0.2, 0) is 6.42 Å². The number of para-hydroxylation sites is 1. The van der Waals surface area contributed by atoms with Gasteiger partial charge in [0.1, 0.15) is 11.5 Å². The van der Waals surface area contributed by atoms with Gasteiger partial charge < -0.3 is 10.5 Å². The van der Waals surface area contributed by atoms with Gasteiger partial charge in [0.2, 0.25) is 0 Å². The van der Waals surface area contributed by atoms with Crippen LogP contribution in [0.1, 0.15) is 28.2 Å². The molecule has 0 amide bonds. The van der Waals surface area contributed by atoms with E-state index in [4.69, 9.17) is 10.5 Å². The first-order valence-corrected chi connectivity index (χ1v) is 8.75. The first kappa shape index (κ1) is 17.2. The summed E-state index contributed by atoms with van der Waals surface area (Å²) >= 11 is 0. The molecule has 0 fully saturated rings. The molecule has 0 heterocycles. The maximum absolute atomic E-state index is 6.10. The zero-order valence-electron chi connectivity index (χ0n) is 14.9. The van der Waals surface area contributed by atoms with Crippen LogP contribution in [0.3, 0.4) is 0 Å². The van der Waals surface area contributed by atoms with Gasteiger partial charge in [-0.1, -0.05) is 54.1 Å². The molecule has 3 aromatic carbocycles. The predicted octanol–water partition coefficient (Wildman–Crippen LogP) is 5.38. The molecule has 3 aromatic rings. The highest BCUT2D eigenvalue weighted by molar-refractivity contribution is 5.37. The van der Waals surface area contributed by atoms with E-state index in [1.165, 1.54) is 22.3 Å². The number of hydrogen-bond donors (Lipinski definition) is 1. The first-order valence-electron chi connectivity index (χ1n) is 8.75. The van der Waals surface area contributed by atoms with Gasteiger partial charge in [0, 0.05) is 5.92 Å². The van der Waals surface area contributed by atoms with Crippen LogP contribution in [0.25, 0.3) is 0 Å². The van der Waals surface area contributed by atoms with Gasteiger partial charge in [0.25, 0.3) is 0 Å². The molecule has 0 bridgehead atoms. The molecule has 0 aliphatic carbocycles. The van der Waals surface area contributed by atoms with Crippen LogP contribution in [0.4, 0.5) is 0 Å². The van der Waals surface area contributed by atoms with Crippen LogP contribution in [-0.4, -0.2) is 6.54 Å². The van der Waals surface area contributed by atoms with E-state index in [1.54, 1.807) is 0 Å². The van der Waals surface area contributed by atoms with Crippen molar-refractivity contribution in [3.63, 3.8) is 0 Å². The van der Waals surface area contributed by atoms with E-state index in [1.807, 2.05) is 42.5 Å². The molecule has 0 aliphatic heterocycles. The average molecular weight is 331 g/mol. The van der Waals surface area contributed by atoms with E-state index in [-0.39, 0.29) is 0 Å².